The van der Waals surface area contributed by atoms with Crippen LogP contribution in [0, 0.1) is 13.8 Å². The second-order valence-electron chi connectivity index (χ2n) is 8.26. The number of aryl methyl sites for hydroxylation is 2. The van der Waals surface area contributed by atoms with Crippen molar-refractivity contribution in [1.82, 2.24) is 20.1 Å². The van der Waals surface area contributed by atoms with Crippen molar-refractivity contribution in [3.63, 3.8) is 0 Å². The summed E-state index contributed by atoms with van der Waals surface area (Å²) >= 11 is 12.8. The van der Waals surface area contributed by atoms with E-state index < -0.39 is 11.8 Å². The summed E-state index contributed by atoms with van der Waals surface area (Å²) in [4.78, 5) is 53.6. The van der Waals surface area contributed by atoms with Gasteiger partial charge in [-0.15, -0.1) is 0 Å². The first-order chi connectivity index (χ1) is 18.1. The molecule has 2 aromatic rings. The van der Waals surface area contributed by atoms with Gasteiger partial charge < -0.3 is 19.7 Å². The Kier molecular flexibility index (Phi) is 8.96. The Morgan fingerprint density at radius 2 is 1.21 bits per heavy atom. The van der Waals surface area contributed by atoms with E-state index in [2.05, 4.69) is 20.9 Å². The Bertz CT molecular complexity index is 1250. The van der Waals surface area contributed by atoms with Gasteiger partial charge in [0, 0.05) is 38.1 Å². The van der Waals surface area contributed by atoms with Crippen LogP contribution >= 0.6 is 48.0 Å². The number of thiocarbonyl (C=S) groups is 2. The summed E-state index contributed by atoms with van der Waals surface area (Å²) < 4.78 is 10.4. The number of thioether (sulfide) groups is 2. The Balaban J connectivity index is 1.27. The van der Waals surface area contributed by atoms with Crippen molar-refractivity contribution in [3.8, 4) is 0 Å². The number of aromatic nitrogens is 2. The minimum absolute atomic E-state index is 0.143. The Hall–Kier alpha value is -3.08. The maximum Gasteiger partial charge on any atom is 0.267 e. The molecule has 2 aromatic heterocycles. The fourth-order valence-electron chi connectivity index (χ4n) is 3.51. The monoisotopic (exact) mass is 594 g/mol. The molecule has 38 heavy (non-hydrogen) atoms. The van der Waals surface area contributed by atoms with Gasteiger partial charge in [0.15, 0.2) is 11.6 Å². The van der Waals surface area contributed by atoms with Crippen molar-refractivity contribution in [2.45, 2.75) is 39.5 Å². The molecule has 2 saturated heterocycles. The van der Waals surface area contributed by atoms with Crippen LogP contribution in [0.3, 0.4) is 0 Å². The van der Waals surface area contributed by atoms with E-state index in [1.165, 1.54) is 9.80 Å². The van der Waals surface area contributed by atoms with Gasteiger partial charge >= 0.3 is 0 Å². The molecular formula is C22H22N6O6S4. The SMILES string of the molecule is Cc1cc(NC(=O)CCCN2C(=O)C(=C3SC(=S)N(CCCC(=O)Nc4cc(C)on4)C3=O)SC2=S)no1. The zero-order valence-electron chi connectivity index (χ0n) is 20.3. The summed E-state index contributed by atoms with van der Waals surface area (Å²) in [5.74, 6) is 0.477. The summed E-state index contributed by atoms with van der Waals surface area (Å²) in [5, 5.41) is 12.7. The van der Waals surface area contributed by atoms with E-state index in [4.69, 9.17) is 33.5 Å². The number of carbonyl (C=O) groups is 4. The first-order valence-electron chi connectivity index (χ1n) is 11.4. The van der Waals surface area contributed by atoms with Gasteiger partial charge in [0.2, 0.25) is 11.8 Å². The van der Waals surface area contributed by atoms with Crippen LogP contribution in [0.25, 0.3) is 0 Å². The number of nitrogens with zero attached hydrogens (tertiary/aromatic N) is 4. The molecule has 2 aliphatic rings. The quantitative estimate of drug-likeness (QED) is 0.307. The standard InChI is InChI=1S/C22H22N6O6S4/c1-11-9-13(25-33-11)23-15(29)5-3-7-27-19(31)17(37-21(27)35)18-20(32)28(22(36)38-18)8-4-6-16(30)24-14-10-12(2)34-26-14/h9-10H,3-8H2,1-2H3,(H,23,25,29)(H,24,26,30). The van der Waals surface area contributed by atoms with Gasteiger partial charge in [0.05, 0.1) is 9.81 Å². The first-order valence-corrected chi connectivity index (χ1v) is 13.9. The summed E-state index contributed by atoms with van der Waals surface area (Å²) in [5.41, 5.74) is 0. The number of nitrogens with one attached hydrogen (secondary N) is 2. The highest BCUT2D eigenvalue weighted by Crippen LogP contribution is 2.42. The molecule has 200 valence electrons. The Morgan fingerprint density at radius 1 is 0.816 bits per heavy atom. The topological polar surface area (TPSA) is 151 Å². The fraction of sp³-hybridized carbons (Fsp3) is 0.364. The molecule has 2 N–H and O–H groups in total. The van der Waals surface area contributed by atoms with Crippen LogP contribution < -0.4 is 10.6 Å². The lowest BCUT2D eigenvalue weighted by molar-refractivity contribution is -0.124. The average Bonchev–Trinajstić information content (AvgIpc) is 3.59. The van der Waals surface area contributed by atoms with Crippen molar-refractivity contribution in [1.29, 1.82) is 0 Å². The summed E-state index contributed by atoms with van der Waals surface area (Å²) in [6.07, 6.45) is 1.01. The highest BCUT2D eigenvalue weighted by atomic mass is 32.2. The molecule has 2 aliphatic heterocycles. The summed E-state index contributed by atoms with van der Waals surface area (Å²) in [7, 11) is 0. The van der Waals surface area contributed by atoms with Gasteiger partial charge in [-0.2, -0.15) is 0 Å². The van der Waals surface area contributed by atoms with Crippen LogP contribution in [-0.2, 0) is 19.2 Å². The van der Waals surface area contributed by atoms with E-state index in [0.29, 0.717) is 44.6 Å². The number of hydrogen-bond donors (Lipinski definition) is 2. The molecule has 0 spiro atoms. The third-order valence-corrected chi connectivity index (χ3v) is 8.29. The minimum atomic E-state index is -0.393. The molecule has 2 fully saturated rings. The summed E-state index contributed by atoms with van der Waals surface area (Å²) in [6, 6.07) is 3.20. The molecule has 0 unspecified atom stereocenters. The number of rotatable bonds is 10. The van der Waals surface area contributed by atoms with Crippen molar-refractivity contribution in [2.75, 3.05) is 23.7 Å². The smallest absolute Gasteiger partial charge is 0.267 e. The van der Waals surface area contributed by atoms with E-state index in [1.54, 1.807) is 26.0 Å². The first kappa shape index (κ1) is 27.9. The molecule has 12 nitrogen and oxygen atoms in total. The van der Waals surface area contributed by atoms with Gasteiger partial charge in [-0.25, -0.2) is 0 Å². The van der Waals surface area contributed by atoms with Crippen LogP contribution in [0.15, 0.2) is 31.0 Å². The van der Waals surface area contributed by atoms with E-state index >= 15 is 0 Å². The molecule has 4 rings (SSSR count). The highest BCUT2D eigenvalue weighted by molar-refractivity contribution is 8.29. The number of hydrogen-bond acceptors (Lipinski definition) is 12. The highest BCUT2D eigenvalue weighted by Gasteiger charge is 2.41. The van der Waals surface area contributed by atoms with E-state index in [1.807, 2.05) is 0 Å². The lowest BCUT2D eigenvalue weighted by Gasteiger charge is -2.14. The second kappa shape index (κ2) is 12.2. The second-order valence-corrected chi connectivity index (χ2v) is 11.5. The van der Waals surface area contributed by atoms with E-state index in [9.17, 15) is 19.2 Å². The van der Waals surface area contributed by atoms with Crippen LogP contribution in [0.4, 0.5) is 11.6 Å². The molecule has 4 amide bonds. The van der Waals surface area contributed by atoms with Gasteiger partial charge in [0.1, 0.15) is 20.2 Å². The molecule has 0 aromatic carbocycles. The number of amides is 4. The lowest BCUT2D eigenvalue weighted by Crippen LogP contribution is -2.31. The van der Waals surface area contributed by atoms with Crippen molar-refractivity contribution >= 4 is 91.9 Å². The van der Waals surface area contributed by atoms with Crippen molar-refractivity contribution in [2.24, 2.45) is 0 Å². The largest absolute Gasteiger partial charge is 0.360 e. The van der Waals surface area contributed by atoms with Gasteiger partial charge in [0.25, 0.3) is 11.8 Å². The molecular weight excluding hydrogens is 573 g/mol. The van der Waals surface area contributed by atoms with Gasteiger partial charge in [-0.05, 0) is 26.7 Å². The van der Waals surface area contributed by atoms with Crippen LogP contribution in [-0.4, -0.2) is 65.5 Å². The normalized spacial score (nSPS) is 17.6. The Labute approximate surface area is 236 Å². The third-order valence-electron chi connectivity index (χ3n) is 5.27. The van der Waals surface area contributed by atoms with E-state index in [-0.39, 0.29) is 47.6 Å². The zero-order valence-corrected chi connectivity index (χ0v) is 23.5. The van der Waals surface area contributed by atoms with Crippen LogP contribution in [0.2, 0.25) is 0 Å². The molecule has 0 saturated carbocycles. The van der Waals surface area contributed by atoms with Crippen molar-refractivity contribution < 1.29 is 28.2 Å². The summed E-state index contributed by atoms with van der Waals surface area (Å²) in [6.45, 7) is 3.87. The van der Waals surface area contributed by atoms with E-state index in [0.717, 1.165) is 23.5 Å². The maximum absolute atomic E-state index is 13.1. The molecule has 0 bridgehead atoms. The molecule has 0 aliphatic carbocycles. The van der Waals surface area contributed by atoms with Crippen LogP contribution in [0.1, 0.15) is 37.2 Å². The van der Waals surface area contributed by atoms with Crippen LogP contribution in [0.5, 0.6) is 0 Å². The van der Waals surface area contributed by atoms with Gasteiger partial charge in [-0.1, -0.05) is 58.3 Å². The third kappa shape index (κ3) is 6.67. The number of anilines is 2. The molecule has 0 atom stereocenters. The average molecular weight is 595 g/mol. The molecule has 0 radical (unpaired) electrons. The van der Waals surface area contributed by atoms with Crippen molar-refractivity contribution in [3.05, 3.63) is 33.5 Å². The lowest BCUT2D eigenvalue weighted by atomic mass is 10.2. The van der Waals surface area contributed by atoms with Gasteiger partial charge in [-0.3, -0.25) is 29.0 Å². The number of carbonyl (C=O) groups excluding carboxylic acids is 4. The molecule has 16 heteroatoms. The minimum Gasteiger partial charge on any atom is -0.360 e. The predicted octanol–water partition coefficient (Wildman–Crippen LogP) is 3.35. The maximum atomic E-state index is 13.1. The predicted molar refractivity (Wildman–Crippen MR) is 149 cm³/mol. The molecule has 4 heterocycles. The fourth-order valence-corrected chi connectivity index (χ4v) is 6.28. The zero-order chi connectivity index (χ0) is 27.4. The Morgan fingerprint density at radius 3 is 1.55 bits per heavy atom.